The minimum Gasteiger partial charge on any atom is -0.308 e. The number of hydrogen-bond acceptors (Lipinski definition) is 2. The summed E-state index contributed by atoms with van der Waals surface area (Å²) in [5.41, 5.74) is 3.34. The summed E-state index contributed by atoms with van der Waals surface area (Å²) in [6.45, 7) is 0. The first-order valence-electron chi connectivity index (χ1n) is 5.52. The molecule has 2 aromatic carbocycles. The molecule has 3 rings (SSSR count). The monoisotopic (exact) mass is 275 g/mol. The molecule has 1 aromatic heterocycles. The molecule has 0 radical (unpaired) electrons. The van der Waals surface area contributed by atoms with Gasteiger partial charge in [0.1, 0.15) is 5.82 Å². The number of rotatable bonds is 2. The second kappa shape index (κ2) is 5.20. The third-order valence-corrected chi connectivity index (χ3v) is 2.87. The van der Waals surface area contributed by atoms with Crippen molar-refractivity contribution in [3.63, 3.8) is 0 Å². The predicted octanol–water partition coefficient (Wildman–Crippen LogP) is 3.79. The van der Waals surface area contributed by atoms with E-state index in [4.69, 9.17) is 5.41 Å². The molecule has 3 aromatic rings. The Balaban J connectivity index is 0.00000133. The number of hydrogen-bond donors (Lipinski definition) is 2. The lowest BCUT2D eigenvalue weighted by Gasteiger charge is -1.98. The summed E-state index contributed by atoms with van der Waals surface area (Å²) in [5.74, 6) is -0.265. The van der Waals surface area contributed by atoms with E-state index in [1.54, 1.807) is 12.1 Å². The summed E-state index contributed by atoms with van der Waals surface area (Å²) in [7, 11) is 0. The molecule has 0 unspecified atom stereocenters. The smallest absolute Gasteiger partial charge is 0.123 e. The Morgan fingerprint density at radius 3 is 2.53 bits per heavy atom. The highest BCUT2D eigenvalue weighted by atomic mass is 35.5. The number of fused-ring (bicyclic) bond motifs is 1. The molecule has 0 spiro atoms. The average molecular weight is 276 g/mol. The Morgan fingerprint density at radius 1 is 1.11 bits per heavy atom. The van der Waals surface area contributed by atoms with Gasteiger partial charge in [-0.15, -0.1) is 12.4 Å². The fourth-order valence-corrected chi connectivity index (χ4v) is 1.95. The highest BCUT2D eigenvalue weighted by Gasteiger charge is 2.08. The zero-order valence-electron chi connectivity index (χ0n) is 9.85. The van der Waals surface area contributed by atoms with E-state index in [1.807, 2.05) is 18.2 Å². The summed E-state index contributed by atoms with van der Waals surface area (Å²) >= 11 is 0. The van der Waals surface area contributed by atoms with E-state index in [0.29, 0.717) is 0 Å². The molecule has 0 aliphatic rings. The van der Waals surface area contributed by atoms with Crippen LogP contribution in [0, 0.1) is 11.2 Å². The molecule has 3 nitrogen and oxygen atoms in total. The first-order valence-corrected chi connectivity index (χ1v) is 5.52. The van der Waals surface area contributed by atoms with Gasteiger partial charge in [-0.25, -0.2) is 4.39 Å². The zero-order chi connectivity index (χ0) is 12.5. The molecule has 0 amide bonds. The van der Waals surface area contributed by atoms with E-state index in [-0.39, 0.29) is 18.2 Å². The van der Waals surface area contributed by atoms with E-state index in [9.17, 15) is 4.39 Å². The van der Waals surface area contributed by atoms with Gasteiger partial charge in [-0.3, -0.25) is 5.10 Å². The molecule has 0 aliphatic heterocycles. The quantitative estimate of drug-likeness (QED) is 0.687. The number of halogens is 2. The van der Waals surface area contributed by atoms with Gasteiger partial charge in [0.15, 0.2) is 0 Å². The van der Waals surface area contributed by atoms with Crippen LogP contribution in [0.25, 0.3) is 22.2 Å². The van der Waals surface area contributed by atoms with E-state index >= 15 is 0 Å². The maximum absolute atomic E-state index is 12.9. The Labute approximate surface area is 115 Å². The molecule has 0 saturated carbocycles. The van der Waals surface area contributed by atoms with Crippen LogP contribution >= 0.6 is 12.4 Å². The second-order valence-electron chi connectivity index (χ2n) is 4.03. The SMILES string of the molecule is Cl.N=Cc1ccc2[nH]nc(-c3ccc(F)cc3)c2c1. The van der Waals surface area contributed by atoms with Gasteiger partial charge in [0.25, 0.3) is 0 Å². The Bertz CT molecular complexity index is 719. The van der Waals surface area contributed by atoms with Crippen LogP contribution in [-0.4, -0.2) is 16.4 Å². The van der Waals surface area contributed by atoms with Crippen molar-refractivity contribution in [3.8, 4) is 11.3 Å². The molecular formula is C14H11ClFN3. The minimum atomic E-state index is -0.265. The fourth-order valence-electron chi connectivity index (χ4n) is 1.95. The molecule has 5 heteroatoms. The van der Waals surface area contributed by atoms with Crippen LogP contribution in [0.3, 0.4) is 0 Å². The van der Waals surface area contributed by atoms with Crippen LogP contribution in [0.15, 0.2) is 42.5 Å². The van der Waals surface area contributed by atoms with E-state index in [1.165, 1.54) is 18.3 Å². The number of aromatic amines is 1. The second-order valence-corrected chi connectivity index (χ2v) is 4.03. The molecule has 0 aliphatic carbocycles. The largest absolute Gasteiger partial charge is 0.308 e. The summed E-state index contributed by atoms with van der Waals surface area (Å²) in [6, 6.07) is 11.8. The van der Waals surface area contributed by atoms with Crippen LogP contribution in [0.4, 0.5) is 4.39 Å². The maximum atomic E-state index is 12.9. The molecule has 0 bridgehead atoms. The minimum absolute atomic E-state index is 0. The Morgan fingerprint density at radius 2 is 1.84 bits per heavy atom. The Hall–Kier alpha value is -2.20. The number of nitrogens with one attached hydrogen (secondary N) is 2. The van der Waals surface area contributed by atoms with Gasteiger partial charge in [-0.1, -0.05) is 6.07 Å². The summed E-state index contributed by atoms with van der Waals surface area (Å²) in [5, 5.41) is 15.4. The molecule has 2 N–H and O–H groups in total. The summed E-state index contributed by atoms with van der Waals surface area (Å²) in [6.07, 6.45) is 1.29. The lowest BCUT2D eigenvalue weighted by Crippen LogP contribution is -1.81. The third kappa shape index (κ3) is 2.35. The fraction of sp³-hybridized carbons (Fsp3) is 0. The molecule has 96 valence electrons. The molecule has 19 heavy (non-hydrogen) atoms. The molecule has 0 atom stereocenters. The van der Waals surface area contributed by atoms with Gasteiger partial charge in [-0.2, -0.15) is 5.10 Å². The lowest BCUT2D eigenvalue weighted by atomic mass is 10.1. The van der Waals surface area contributed by atoms with Crippen LogP contribution in [0.2, 0.25) is 0 Å². The van der Waals surface area contributed by atoms with E-state index in [0.717, 1.165) is 27.7 Å². The third-order valence-electron chi connectivity index (χ3n) is 2.87. The van der Waals surface area contributed by atoms with Crippen molar-refractivity contribution in [1.82, 2.24) is 10.2 Å². The van der Waals surface area contributed by atoms with Crippen molar-refractivity contribution in [2.24, 2.45) is 0 Å². The number of nitrogens with zero attached hydrogens (tertiary/aromatic N) is 1. The van der Waals surface area contributed by atoms with Crippen LogP contribution in [-0.2, 0) is 0 Å². The van der Waals surface area contributed by atoms with Crippen LogP contribution < -0.4 is 0 Å². The summed E-state index contributed by atoms with van der Waals surface area (Å²) < 4.78 is 12.9. The number of aromatic nitrogens is 2. The van der Waals surface area contributed by atoms with Crippen molar-refractivity contribution in [1.29, 1.82) is 5.41 Å². The van der Waals surface area contributed by atoms with Gasteiger partial charge in [0, 0.05) is 17.2 Å². The van der Waals surface area contributed by atoms with E-state index < -0.39 is 0 Å². The first-order chi connectivity index (χ1) is 8.78. The topological polar surface area (TPSA) is 52.5 Å². The van der Waals surface area contributed by atoms with Gasteiger partial charge >= 0.3 is 0 Å². The van der Waals surface area contributed by atoms with Gasteiger partial charge in [0.2, 0.25) is 0 Å². The van der Waals surface area contributed by atoms with Crippen molar-refractivity contribution in [2.75, 3.05) is 0 Å². The molecule has 0 saturated heterocycles. The van der Waals surface area contributed by atoms with Crippen LogP contribution in [0.5, 0.6) is 0 Å². The summed E-state index contributed by atoms with van der Waals surface area (Å²) in [4.78, 5) is 0. The average Bonchev–Trinajstić information content (AvgIpc) is 2.82. The highest BCUT2D eigenvalue weighted by molar-refractivity contribution is 5.96. The molecular weight excluding hydrogens is 265 g/mol. The van der Waals surface area contributed by atoms with Gasteiger partial charge in [-0.05, 0) is 42.0 Å². The lowest BCUT2D eigenvalue weighted by molar-refractivity contribution is 0.628. The van der Waals surface area contributed by atoms with Crippen molar-refractivity contribution in [3.05, 3.63) is 53.8 Å². The van der Waals surface area contributed by atoms with Crippen molar-refractivity contribution < 1.29 is 4.39 Å². The van der Waals surface area contributed by atoms with Crippen molar-refractivity contribution in [2.45, 2.75) is 0 Å². The first kappa shape index (κ1) is 13.2. The zero-order valence-corrected chi connectivity index (χ0v) is 10.7. The standard InChI is InChI=1S/C14H10FN3.ClH/c15-11-4-2-10(3-5-11)14-12-7-9(8-16)1-6-13(12)17-18-14;/h1-8,16H,(H,17,18);1H. The highest BCUT2D eigenvalue weighted by Crippen LogP contribution is 2.26. The molecule has 0 fully saturated rings. The Kier molecular flexibility index (Phi) is 3.62. The van der Waals surface area contributed by atoms with Crippen molar-refractivity contribution >= 4 is 29.5 Å². The predicted molar refractivity (Wildman–Crippen MR) is 76.6 cm³/mol. The van der Waals surface area contributed by atoms with Gasteiger partial charge < -0.3 is 5.41 Å². The number of benzene rings is 2. The van der Waals surface area contributed by atoms with E-state index in [2.05, 4.69) is 10.2 Å². The normalized spacial score (nSPS) is 10.2. The van der Waals surface area contributed by atoms with Crippen LogP contribution in [0.1, 0.15) is 5.56 Å². The maximum Gasteiger partial charge on any atom is 0.123 e. The van der Waals surface area contributed by atoms with Gasteiger partial charge in [0.05, 0.1) is 11.2 Å². The number of H-pyrrole nitrogens is 1. The molecule has 1 heterocycles.